The van der Waals surface area contributed by atoms with Crippen LogP contribution in [0.2, 0.25) is 0 Å². The Kier molecular flexibility index (Phi) is 9.73. The second-order valence-electron chi connectivity index (χ2n) is 8.73. The fourth-order valence-corrected chi connectivity index (χ4v) is 4.51. The van der Waals surface area contributed by atoms with Gasteiger partial charge in [0.15, 0.2) is 0 Å². The summed E-state index contributed by atoms with van der Waals surface area (Å²) in [5, 5.41) is 14.6. The zero-order valence-corrected chi connectivity index (χ0v) is 22.0. The van der Waals surface area contributed by atoms with Gasteiger partial charge in [-0.1, -0.05) is 35.6 Å². The van der Waals surface area contributed by atoms with E-state index in [1.807, 2.05) is 12.1 Å². The number of aromatic nitrogens is 4. The van der Waals surface area contributed by atoms with E-state index in [9.17, 15) is 22.8 Å². The molecule has 0 saturated carbocycles. The van der Waals surface area contributed by atoms with Crippen molar-refractivity contribution in [2.24, 2.45) is 0 Å². The molecule has 0 aliphatic carbocycles. The zero-order chi connectivity index (χ0) is 28.4. The van der Waals surface area contributed by atoms with E-state index in [-0.39, 0.29) is 24.5 Å². The minimum atomic E-state index is -4.80. The van der Waals surface area contributed by atoms with Gasteiger partial charge in [0.1, 0.15) is 16.6 Å². The molecule has 0 fully saturated rings. The molecule has 40 heavy (non-hydrogen) atoms. The number of alkyl halides is 3. The first kappa shape index (κ1) is 28.6. The number of benzene rings is 1. The van der Waals surface area contributed by atoms with Crippen molar-refractivity contribution in [2.75, 3.05) is 10.6 Å². The molecular formula is C27H25F3N6O3S. The molecule has 0 atom stereocenters. The molecule has 0 saturated heterocycles. The maximum Gasteiger partial charge on any atom is 0.573 e. The number of carbonyl (C=O) groups is 2. The highest BCUT2D eigenvalue weighted by Crippen LogP contribution is 2.24. The van der Waals surface area contributed by atoms with E-state index in [2.05, 4.69) is 35.5 Å². The van der Waals surface area contributed by atoms with Crippen LogP contribution in [0.3, 0.4) is 0 Å². The number of pyridine rings is 2. The molecule has 208 valence electrons. The average Bonchev–Trinajstić information content (AvgIpc) is 3.34. The van der Waals surface area contributed by atoms with Gasteiger partial charge in [-0.25, -0.2) is 4.98 Å². The Hall–Kier alpha value is -4.39. The van der Waals surface area contributed by atoms with Gasteiger partial charge in [0.25, 0.3) is 0 Å². The quantitative estimate of drug-likeness (QED) is 0.226. The molecule has 0 radical (unpaired) electrons. The number of nitrogens with zero attached hydrogens (tertiary/aromatic N) is 4. The normalized spacial score (nSPS) is 11.2. The van der Waals surface area contributed by atoms with Crippen molar-refractivity contribution in [3.63, 3.8) is 0 Å². The number of nitrogens with one attached hydrogen (secondary N) is 2. The molecule has 0 aliphatic heterocycles. The number of halogens is 3. The van der Waals surface area contributed by atoms with E-state index in [4.69, 9.17) is 0 Å². The van der Waals surface area contributed by atoms with Crippen LogP contribution in [0.25, 0.3) is 0 Å². The SMILES string of the molecule is O=C(Cc1ccccn1)Nc1ccc(CCCCc2nnc(NC(=O)Cc3cccc(OC(F)(F)F)c3)s2)cn1. The molecule has 3 heterocycles. The average molecular weight is 571 g/mol. The molecule has 2 amide bonds. The Labute approximate surface area is 231 Å². The number of rotatable bonds is 12. The molecule has 0 aliphatic rings. The van der Waals surface area contributed by atoms with Crippen LogP contribution in [0.15, 0.2) is 67.0 Å². The van der Waals surface area contributed by atoms with Gasteiger partial charge >= 0.3 is 6.36 Å². The van der Waals surface area contributed by atoms with Crippen LogP contribution in [0.4, 0.5) is 24.1 Å². The first-order valence-corrected chi connectivity index (χ1v) is 13.1. The van der Waals surface area contributed by atoms with Gasteiger partial charge in [-0.15, -0.1) is 23.4 Å². The molecular weight excluding hydrogens is 545 g/mol. The number of ether oxygens (including phenoxy) is 1. The van der Waals surface area contributed by atoms with Gasteiger partial charge in [-0.3, -0.25) is 14.6 Å². The van der Waals surface area contributed by atoms with E-state index < -0.39 is 12.3 Å². The van der Waals surface area contributed by atoms with Gasteiger partial charge in [0.05, 0.1) is 12.8 Å². The first-order chi connectivity index (χ1) is 19.2. The summed E-state index contributed by atoms with van der Waals surface area (Å²) in [5.74, 6) is -0.506. The standard InChI is InChI=1S/C27H25F3N6O3S/c28-27(29,30)39-21-9-5-7-19(14-21)15-23(37)34-26-36-35-25(40-26)10-2-1-6-18-11-12-22(32-17-18)33-24(38)16-20-8-3-4-13-31-20/h3-5,7-9,11-14,17H,1-2,6,10,15-16H2,(H,32,33,38)(H,34,36,37). The van der Waals surface area contributed by atoms with Crippen molar-refractivity contribution in [1.29, 1.82) is 0 Å². The predicted octanol–water partition coefficient (Wildman–Crippen LogP) is 5.15. The second-order valence-corrected chi connectivity index (χ2v) is 9.79. The lowest BCUT2D eigenvalue weighted by atomic mass is 10.1. The Morgan fingerprint density at radius 3 is 2.42 bits per heavy atom. The molecule has 3 aromatic heterocycles. The monoisotopic (exact) mass is 570 g/mol. The number of carbonyl (C=O) groups excluding carboxylic acids is 2. The Balaban J connectivity index is 1.15. The summed E-state index contributed by atoms with van der Waals surface area (Å²) in [4.78, 5) is 32.9. The maximum atomic E-state index is 12.4. The molecule has 1 aromatic carbocycles. The Bertz CT molecular complexity index is 1420. The number of hydrogen-bond donors (Lipinski definition) is 2. The highest BCUT2D eigenvalue weighted by atomic mass is 32.1. The fourth-order valence-electron chi connectivity index (χ4n) is 3.71. The molecule has 4 rings (SSSR count). The summed E-state index contributed by atoms with van der Waals surface area (Å²) in [6.07, 6.45) is 1.83. The van der Waals surface area contributed by atoms with E-state index in [0.29, 0.717) is 28.6 Å². The zero-order valence-electron chi connectivity index (χ0n) is 21.1. The van der Waals surface area contributed by atoms with Crippen LogP contribution in [0, 0.1) is 0 Å². The lowest BCUT2D eigenvalue weighted by Gasteiger charge is -2.09. The molecule has 0 spiro atoms. The molecule has 13 heteroatoms. The number of hydrogen-bond acceptors (Lipinski definition) is 8. The van der Waals surface area contributed by atoms with E-state index in [0.717, 1.165) is 29.8 Å². The predicted molar refractivity (Wildman–Crippen MR) is 143 cm³/mol. The highest BCUT2D eigenvalue weighted by Gasteiger charge is 2.31. The van der Waals surface area contributed by atoms with Gasteiger partial charge in [0, 0.05) is 24.5 Å². The summed E-state index contributed by atoms with van der Waals surface area (Å²) in [6.45, 7) is 0. The molecule has 0 bridgehead atoms. The van der Waals surface area contributed by atoms with Crippen molar-refractivity contribution < 1.29 is 27.5 Å². The highest BCUT2D eigenvalue weighted by molar-refractivity contribution is 7.15. The summed E-state index contributed by atoms with van der Waals surface area (Å²) in [6, 6.07) is 14.4. The summed E-state index contributed by atoms with van der Waals surface area (Å²) >= 11 is 1.25. The van der Waals surface area contributed by atoms with E-state index in [1.54, 1.807) is 30.6 Å². The lowest BCUT2D eigenvalue weighted by Crippen LogP contribution is -2.17. The number of unbranched alkanes of at least 4 members (excludes halogenated alkanes) is 1. The lowest BCUT2D eigenvalue weighted by molar-refractivity contribution is -0.274. The van der Waals surface area contributed by atoms with Crippen LogP contribution >= 0.6 is 11.3 Å². The maximum absolute atomic E-state index is 12.4. The van der Waals surface area contributed by atoms with Crippen LogP contribution in [0.5, 0.6) is 5.75 Å². The van der Waals surface area contributed by atoms with Crippen molar-refractivity contribution in [3.8, 4) is 5.75 Å². The Morgan fingerprint density at radius 2 is 1.68 bits per heavy atom. The minimum absolute atomic E-state index is 0.134. The summed E-state index contributed by atoms with van der Waals surface area (Å²) < 4.78 is 41.1. The van der Waals surface area contributed by atoms with Crippen molar-refractivity contribution in [1.82, 2.24) is 20.2 Å². The third-order valence-corrected chi connectivity index (χ3v) is 6.37. The molecule has 4 aromatic rings. The van der Waals surface area contributed by atoms with Crippen LogP contribution in [-0.2, 0) is 35.3 Å². The van der Waals surface area contributed by atoms with Gasteiger partial charge in [-0.05, 0) is 60.7 Å². The minimum Gasteiger partial charge on any atom is -0.406 e. The number of aryl methyl sites for hydroxylation is 2. The largest absolute Gasteiger partial charge is 0.573 e. The molecule has 0 unspecified atom stereocenters. The third kappa shape index (κ3) is 9.73. The van der Waals surface area contributed by atoms with Crippen LogP contribution < -0.4 is 15.4 Å². The van der Waals surface area contributed by atoms with Gasteiger partial charge < -0.3 is 15.4 Å². The number of anilines is 2. The van der Waals surface area contributed by atoms with E-state index in [1.165, 1.54) is 35.6 Å². The molecule has 9 nitrogen and oxygen atoms in total. The fraction of sp³-hybridized carbons (Fsp3) is 0.259. The van der Waals surface area contributed by atoms with Crippen molar-refractivity contribution in [3.05, 3.63) is 88.8 Å². The molecule has 2 N–H and O–H groups in total. The van der Waals surface area contributed by atoms with Crippen LogP contribution in [0.1, 0.15) is 34.7 Å². The topological polar surface area (TPSA) is 119 Å². The van der Waals surface area contributed by atoms with Crippen LogP contribution in [-0.4, -0.2) is 38.3 Å². The van der Waals surface area contributed by atoms with E-state index >= 15 is 0 Å². The van der Waals surface area contributed by atoms with Gasteiger partial charge in [-0.2, -0.15) is 0 Å². The van der Waals surface area contributed by atoms with Crippen molar-refractivity contribution >= 4 is 34.1 Å². The first-order valence-electron chi connectivity index (χ1n) is 12.3. The smallest absolute Gasteiger partial charge is 0.406 e. The summed E-state index contributed by atoms with van der Waals surface area (Å²) in [5.41, 5.74) is 2.10. The third-order valence-electron chi connectivity index (χ3n) is 5.48. The Morgan fingerprint density at radius 1 is 0.850 bits per heavy atom. The van der Waals surface area contributed by atoms with Crippen molar-refractivity contribution in [2.45, 2.75) is 44.9 Å². The summed E-state index contributed by atoms with van der Waals surface area (Å²) in [7, 11) is 0. The number of amides is 2. The second kappa shape index (κ2) is 13.6. The van der Waals surface area contributed by atoms with Gasteiger partial charge in [0.2, 0.25) is 16.9 Å².